The number of unbranched alkanes of at least 4 members (excludes halogenated alkanes) is 1. The molecule has 6 nitrogen and oxygen atoms in total. The van der Waals surface area contributed by atoms with Crippen molar-refractivity contribution in [2.75, 3.05) is 19.5 Å². The minimum absolute atomic E-state index is 0.113. The van der Waals surface area contributed by atoms with Gasteiger partial charge in [0.15, 0.2) is 0 Å². The number of hydrogen-bond acceptors (Lipinski definition) is 5. The monoisotopic (exact) mass is 291 g/mol. The molecule has 0 bridgehead atoms. The third kappa shape index (κ3) is 3.52. The fraction of sp³-hybridized carbons (Fsp3) is 0.467. The lowest BCUT2D eigenvalue weighted by molar-refractivity contribution is -0.144. The predicted octanol–water partition coefficient (Wildman–Crippen LogP) is 2.11. The number of carbonyl (C=O) groups is 1. The highest BCUT2D eigenvalue weighted by atomic mass is 16.5. The van der Waals surface area contributed by atoms with Crippen LogP contribution in [0.5, 0.6) is 0 Å². The zero-order valence-electron chi connectivity index (χ0n) is 12.5. The molecular formula is C15H21N3O3. The molecule has 21 heavy (non-hydrogen) atoms. The first-order valence-electron chi connectivity index (χ1n) is 7.05. The number of aromatic nitrogens is 2. The first-order chi connectivity index (χ1) is 10.2. The number of carbonyl (C=O) groups excluding carboxylic acids is 1. The summed E-state index contributed by atoms with van der Waals surface area (Å²) in [4.78, 5) is 16.4. The van der Waals surface area contributed by atoms with E-state index in [0.717, 1.165) is 18.4 Å². The Labute approximate surface area is 123 Å². The molecule has 0 fully saturated rings. The van der Waals surface area contributed by atoms with Crippen LogP contribution in [0, 0.1) is 0 Å². The molecule has 0 spiro atoms. The highest BCUT2D eigenvalue weighted by molar-refractivity contribution is 5.88. The average molecular weight is 291 g/mol. The van der Waals surface area contributed by atoms with Crippen LogP contribution < -0.4 is 5.73 Å². The molecule has 0 unspecified atom stereocenters. The summed E-state index contributed by atoms with van der Waals surface area (Å²) < 4.78 is 12.1. The molecule has 0 aliphatic carbocycles. The summed E-state index contributed by atoms with van der Waals surface area (Å²) in [6.07, 6.45) is 1.86. The van der Waals surface area contributed by atoms with E-state index < -0.39 is 0 Å². The Balaban J connectivity index is 2.26. The number of rotatable bonds is 7. The number of nitrogens with zero attached hydrogens (tertiary/aromatic N) is 2. The first-order valence-corrected chi connectivity index (χ1v) is 7.05. The van der Waals surface area contributed by atoms with Crippen LogP contribution in [-0.4, -0.2) is 29.2 Å². The third-order valence-electron chi connectivity index (χ3n) is 3.21. The van der Waals surface area contributed by atoms with E-state index in [4.69, 9.17) is 15.2 Å². The Bertz CT molecular complexity index is 622. The molecule has 0 radical (unpaired) electrons. The minimum Gasteiger partial charge on any atom is -0.464 e. The number of anilines is 1. The molecular weight excluding hydrogens is 270 g/mol. The number of nitrogen functional groups attached to an aromatic ring is 1. The van der Waals surface area contributed by atoms with Crippen molar-refractivity contribution in [1.82, 2.24) is 9.55 Å². The number of imidazole rings is 1. The lowest BCUT2D eigenvalue weighted by Gasteiger charge is -2.09. The first kappa shape index (κ1) is 15.3. The molecule has 114 valence electrons. The lowest BCUT2D eigenvalue weighted by atomic mass is 10.3. The van der Waals surface area contributed by atoms with E-state index >= 15 is 0 Å². The van der Waals surface area contributed by atoms with Crippen LogP contribution in [0.3, 0.4) is 0 Å². The van der Waals surface area contributed by atoms with E-state index in [-0.39, 0.29) is 12.5 Å². The smallest absolute Gasteiger partial charge is 0.326 e. The normalized spacial score (nSPS) is 11.0. The Morgan fingerprint density at radius 1 is 1.43 bits per heavy atom. The van der Waals surface area contributed by atoms with Gasteiger partial charge in [0.1, 0.15) is 24.5 Å². The second-order valence-electron chi connectivity index (χ2n) is 4.84. The van der Waals surface area contributed by atoms with Crippen molar-refractivity contribution in [1.29, 1.82) is 0 Å². The zero-order valence-corrected chi connectivity index (χ0v) is 12.5. The van der Waals surface area contributed by atoms with E-state index in [9.17, 15) is 4.79 Å². The topological polar surface area (TPSA) is 79.4 Å². The van der Waals surface area contributed by atoms with Gasteiger partial charge in [-0.15, -0.1) is 0 Å². The lowest BCUT2D eigenvalue weighted by Crippen LogP contribution is -2.16. The van der Waals surface area contributed by atoms with E-state index in [1.54, 1.807) is 17.7 Å². The number of ether oxygens (including phenoxy) is 2. The number of para-hydroxylation sites is 1. The largest absolute Gasteiger partial charge is 0.464 e. The van der Waals surface area contributed by atoms with E-state index in [1.807, 2.05) is 12.1 Å². The number of esters is 1. The highest BCUT2D eigenvalue weighted by Crippen LogP contribution is 2.22. The van der Waals surface area contributed by atoms with Crippen LogP contribution in [0.4, 0.5) is 5.69 Å². The second kappa shape index (κ2) is 7.08. The molecule has 0 saturated carbocycles. The maximum absolute atomic E-state index is 11.9. The Hall–Kier alpha value is -2.08. The van der Waals surface area contributed by atoms with Crippen LogP contribution in [0.1, 0.15) is 25.6 Å². The summed E-state index contributed by atoms with van der Waals surface area (Å²) in [6.45, 7) is 2.93. The van der Waals surface area contributed by atoms with Crippen molar-refractivity contribution in [2.45, 2.75) is 32.9 Å². The quantitative estimate of drug-likeness (QED) is 0.480. The van der Waals surface area contributed by atoms with Crippen LogP contribution in [-0.2, 0) is 27.4 Å². The maximum atomic E-state index is 11.9. The Morgan fingerprint density at radius 3 is 2.95 bits per heavy atom. The van der Waals surface area contributed by atoms with Gasteiger partial charge in [0.25, 0.3) is 0 Å². The fourth-order valence-corrected chi connectivity index (χ4v) is 2.14. The van der Waals surface area contributed by atoms with Crippen LogP contribution in [0.25, 0.3) is 11.0 Å². The molecule has 1 heterocycles. The molecule has 1 aromatic carbocycles. The standard InChI is InChI=1S/C15H21N3O3/c1-3-4-8-21-14(19)9-18-12-7-5-6-11(16)15(12)17-13(18)10-20-2/h5-7H,3-4,8-10,16H2,1-2H3. The summed E-state index contributed by atoms with van der Waals surface area (Å²) in [5, 5.41) is 0. The van der Waals surface area contributed by atoms with E-state index in [2.05, 4.69) is 11.9 Å². The third-order valence-corrected chi connectivity index (χ3v) is 3.21. The molecule has 0 atom stereocenters. The van der Waals surface area contributed by atoms with Gasteiger partial charge in [-0.3, -0.25) is 4.79 Å². The molecule has 6 heteroatoms. The van der Waals surface area contributed by atoms with Gasteiger partial charge in [-0.1, -0.05) is 19.4 Å². The minimum atomic E-state index is -0.275. The SMILES string of the molecule is CCCCOC(=O)Cn1c(COC)nc2c(N)cccc21. The van der Waals surface area contributed by atoms with Gasteiger partial charge in [-0.05, 0) is 18.6 Å². The Kier molecular flexibility index (Phi) is 5.16. The maximum Gasteiger partial charge on any atom is 0.326 e. The van der Waals surface area contributed by atoms with Gasteiger partial charge in [-0.25, -0.2) is 4.98 Å². The summed E-state index contributed by atoms with van der Waals surface area (Å²) >= 11 is 0. The number of methoxy groups -OCH3 is 1. The number of nitrogens with two attached hydrogens (primary N) is 1. The highest BCUT2D eigenvalue weighted by Gasteiger charge is 2.15. The fourth-order valence-electron chi connectivity index (χ4n) is 2.14. The second-order valence-corrected chi connectivity index (χ2v) is 4.84. The van der Waals surface area contributed by atoms with Gasteiger partial charge in [0.05, 0.1) is 17.8 Å². The summed E-state index contributed by atoms with van der Waals surface area (Å²) in [6, 6.07) is 5.52. The van der Waals surface area contributed by atoms with Gasteiger partial charge in [0.2, 0.25) is 0 Å². The number of hydrogen-bond donors (Lipinski definition) is 1. The summed E-state index contributed by atoms with van der Waals surface area (Å²) in [5.74, 6) is 0.389. The number of benzene rings is 1. The van der Waals surface area contributed by atoms with Crippen molar-refractivity contribution in [3.05, 3.63) is 24.0 Å². The van der Waals surface area contributed by atoms with Crippen molar-refractivity contribution >= 4 is 22.7 Å². The molecule has 2 rings (SSSR count). The molecule has 0 aliphatic rings. The zero-order chi connectivity index (χ0) is 15.2. The molecule has 2 aromatic rings. The summed E-state index contributed by atoms with van der Waals surface area (Å²) in [5.41, 5.74) is 8.02. The molecule has 0 amide bonds. The van der Waals surface area contributed by atoms with Gasteiger partial charge in [-0.2, -0.15) is 0 Å². The molecule has 0 saturated heterocycles. The van der Waals surface area contributed by atoms with Crippen LogP contribution in [0.2, 0.25) is 0 Å². The van der Waals surface area contributed by atoms with Crippen molar-refractivity contribution in [3.63, 3.8) is 0 Å². The summed E-state index contributed by atoms with van der Waals surface area (Å²) in [7, 11) is 1.59. The Morgan fingerprint density at radius 2 is 2.24 bits per heavy atom. The van der Waals surface area contributed by atoms with Gasteiger partial charge < -0.3 is 19.8 Å². The van der Waals surface area contributed by atoms with Crippen molar-refractivity contribution in [2.24, 2.45) is 0 Å². The number of fused-ring (bicyclic) bond motifs is 1. The van der Waals surface area contributed by atoms with E-state index in [0.29, 0.717) is 30.2 Å². The molecule has 0 aliphatic heterocycles. The van der Waals surface area contributed by atoms with Gasteiger partial charge in [0, 0.05) is 7.11 Å². The van der Waals surface area contributed by atoms with Crippen molar-refractivity contribution < 1.29 is 14.3 Å². The van der Waals surface area contributed by atoms with E-state index in [1.165, 1.54) is 0 Å². The van der Waals surface area contributed by atoms with Crippen LogP contribution in [0.15, 0.2) is 18.2 Å². The van der Waals surface area contributed by atoms with Gasteiger partial charge >= 0.3 is 5.97 Å². The predicted molar refractivity (Wildman–Crippen MR) is 80.7 cm³/mol. The van der Waals surface area contributed by atoms with Crippen molar-refractivity contribution in [3.8, 4) is 0 Å². The molecule has 1 aromatic heterocycles. The molecule has 2 N–H and O–H groups in total. The van der Waals surface area contributed by atoms with Crippen LogP contribution >= 0.6 is 0 Å². The average Bonchev–Trinajstić information content (AvgIpc) is 2.80.